The van der Waals surface area contributed by atoms with Gasteiger partial charge in [0.1, 0.15) is 0 Å². The second-order valence-corrected chi connectivity index (χ2v) is 4.62. The molecule has 0 amide bonds. The van der Waals surface area contributed by atoms with Crippen LogP contribution in [-0.4, -0.2) is 19.8 Å². The summed E-state index contributed by atoms with van der Waals surface area (Å²) >= 11 is 0. The van der Waals surface area contributed by atoms with Gasteiger partial charge in [0, 0.05) is 0 Å². The Balaban J connectivity index is 3.97. The van der Waals surface area contributed by atoms with Crippen molar-refractivity contribution < 1.29 is 18.1 Å². The van der Waals surface area contributed by atoms with Crippen LogP contribution in [0.5, 0.6) is 0 Å². The lowest BCUT2D eigenvalue weighted by molar-refractivity contribution is 0.113. The number of rotatable bonds is 9. The Morgan fingerprint density at radius 1 is 0.786 bits per heavy atom. The van der Waals surface area contributed by atoms with E-state index in [1.165, 1.54) is 0 Å². The summed E-state index contributed by atoms with van der Waals surface area (Å²) in [5.74, 6) is 0. The maximum absolute atomic E-state index is 11.8. The first-order chi connectivity index (χ1) is 6.68. The fourth-order valence-corrected chi connectivity index (χ4v) is 2.16. The zero-order chi connectivity index (χ0) is 10.9. The zero-order valence-corrected chi connectivity index (χ0v) is 10.2. The van der Waals surface area contributed by atoms with Crippen LogP contribution in [0, 0.1) is 0 Å². The second-order valence-electron chi connectivity index (χ2n) is 2.95. The van der Waals surface area contributed by atoms with Crippen LogP contribution in [0.3, 0.4) is 0 Å². The standard InChI is InChI=1S/C9H21O4P/c1-4-7-11-14(10,12-8-5-2)13-9-6-3/h4-9H2,1-3H3. The van der Waals surface area contributed by atoms with Gasteiger partial charge in [-0.05, 0) is 19.3 Å². The van der Waals surface area contributed by atoms with Crippen molar-refractivity contribution >= 4 is 7.82 Å². The Morgan fingerprint density at radius 2 is 1.07 bits per heavy atom. The van der Waals surface area contributed by atoms with Gasteiger partial charge in [0.15, 0.2) is 0 Å². The van der Waals surface area contributed by atoms with Crippen molar-refractivity contribution in [1.82, 2.24) is 0 Å². The third kappa shape index (κ3) is 6.55. The predicted molar refractivity (Wildman–Crippen MR) is 56.3 cm³/mol. The van der Waals surface area contributed by atoms with Crippen molar-refractivity contribution in [1.29, 1.82) is 0 Å². The van der Waals surface area contributed by atoms with E-state index in [-0.39, 0.29) is 0 Å². The lowest BCUT2D eigenvalue weighted by Gasteiger charge is -2.16. The van der Waals surface area contributed by atoms with Crippen LogP contribution in [0.2, 0.25) is 0 Å². The second kappa shape index (κ2) is 8.42. The highest BCUT2D eigenvalue weighted by molar-refractivity contribution is 7.48. The molecule has 0 atom stereocenters. The number of hydrogen-bond donors (Lipinski definition) is 0. The molecule has 0 aromatic heterocycles. The molecule has 0 aromatic rings. The minimum absolute atomic E-state index is 0.407. The molecule has 0 aliphatic carbocycles. The molecule has 0 saturated carbocycles. The summed E-state index contributed by atoms with van der Waals surface area (Å²) in [5.41, 5.74) is 0. The van der Waals surface area contributed by atoms with E-state index in [1.807, 2.05) is 20.8 Å². The van der Waals surface area contributed by atoms with Gasteiger partial charge in [-0.1, -0.05) is 20.8 Å². The molecular formula is C9H21O4P. The number of phosphoric ester groups is 1. The summed E-state index contributed by atoms with van der Waals surface area (Å²) < 4.78 is 27.1. The first-order valence-electron chi connectivity index (χ1n) is 5.22. The molecule has 0 aliphatic rings. The minimum atomic E-state index is -3.27. The molecule has 0 bridgehead atoms. The molecule has 0 aliphatic heterocycles. The highest BCUT2D eigenvalue weighted by Gasteiger charge is 2.25. The Kier molecular flexibility index (Phi) is 8.49. The lowest BCUT2D eigenvalue weighted by atomic mass is 10.5. The molecule has 14 heavy (non-hydrogen) atoms. The van der Waals surface area contributed by atoms with Crippen molar-refractivity contribution in [2.45, 2.75) is 40.0 Å². The van der Waals surface area contributed by atoms with E-state index in [4.69, 9.17) is 13.6 Å². The SMILES string of the molecule is CCCOP(=O)(OCCC)OCCC. The van der Waals surface area contributed by atoms with Crippen molar-refractivity contribution in [3.05, 3.63) is 0 Å². The van der Waals surface area contributed by atoms with Crippen molar-refractivity contribution in [3.8, 4) is 0 Å². The van der Waals surface area contributed by atoms with E-state index in [2.05, 4.69) is 0 Å². The maximum Gasteiger partial charge on any atom is 0.474 e. The molecular weight excluding hydrogens is 203 g/mol. The molecule has 0 spiro atoms. The molecule has 5 heteroatoms. The van der Waals surface area contributed by atoms with Crippen molar-refractivity contribution in [2.75, 3.05) is 19.8 Å². The molecule has 0 fully saturated rings. The third-order valence-electron chi connectivity index (χ3n) is 1.36. The van der Waals surface area contributed by atoms with E-state index in [1.54, 1.807) is 0 Å². The first-order valence-corrected chi connectivity index (χ1v) is 6.68. The zero-order valence-electron chi connectivity index (χ0n) is 9.32. The summed E-state index contributed by atoms with van der Waals surface area (Å²) in [5, 5.41) is 0. The minimum Gasteiger partial charge on any atom is -0.287 e. The summed E-state index contributed by atoms with van der Waals surface area (Å²) in [6, 6.07) is 0. The van der Waals surface area contributed by atoms with Gasteiger partial charge in [-0.3, -0.25) is 13.6 Å². The van der Waals surface area contributed by atoms with Gasteiger partial charge >= 0.3 is 7.82 Å². The van der Waals surface area contributed by atoms with Crippen LogP contribution in [-0.2, 0) is 18.1 Å². The summed E-state index contributed by atoms with van der Waals surface area (Å²) in [4.78, 5) is 0. The summed E-state index contributed by atoms with van der Waals surface area (Å²) in [7, 11) is -3.27. The monoisotopic (exact) mass is 224 g/mol. The largest absolute Gasteiger partial charge is 0.474 e. The van der Waals surface area contributed by atoms with Crippen LogP contribution in [0.4, 0.5) is 0 Å². The molecule has 0 N–H and O–H groups in total. The lowest BCUT2D eigenvalue weighted by Crippen LogP contribution is -2.02. The predicted octanol–water partition coefficient (Wildman–Crippen LogP) is 3.37. The van der Waals surface area contributed by atoms with Crippen LogP contribution in [0.1, 0.15) is 40.0 Å². The van der Waals surface area contributed by atoms with E-state index in [0.717, 1.165) is 19.3 Å². The van der Waals surface area contributed by atoms with Gasteiger partial charge in [0.05, 0.1) is 19.8 Å². The van der Waals surface area contributed by atoms with Gasteiger partial charge < -0.3 is 0 Å². The highest BCUT2D eigenvalue weighted by atomic mass is 31.2. The Bertz CT molecular complexity index is 144. The summed E-state index contributed by atoms with van der Waals surface area (Å²) in [6.07, 6.45) is 2.40. The Morgan fingerprint density at radius 3 is 1.29 bits per heavy atom. The average molecular weight is 224 g/mol. The van der Waals surface area contributed by atoms with Gasteiger partial charge in [0.25, 0.3) is 0 Å². The quantitative estimate of drug-likeness (QED) is 0.563. The van der Waals surface area contributed by atoms with Gasteiger partial charge in [-0.2, -0.15) is 0 Å². The molecule has 4 nitrogen and oxygen atoms in total. The third-order valence-corrected chi connectivity index (χ3v) is 2.86. The average Bonchev–Trinajstić information content (AvgIpc) is 2.21. The van der Waals surface area contributed by atoms with Gasteiger partial charge in [0.2, 0.25) is 0 Å². The number of hydrogen-bond acceptors (Lipinski definition) is 4. The molecule has 0 radical (unpaired) electrons. The van der Waals surface area contributed by atoms with Crippen LogP contribution < -0.4 is 0 Å². The van der Waals surface area contributed by atoms with Crippen LogP contribution >= 0.6 is 7.82 Å². The Hall–Kier alpha value is 0.110. The van der Waals surface area contributed by atoms with Gasteiger partial charge in [-0.15, -0.1) is 0 Å². The number of phosphoric acid groups is 1. The van der Waals surface area contributed by atoms with Crippen molar-refractivity contribution in [2.24, 2.45) is 0 Å². The van der Waals surface area contributed by atoms with Gasteiger partial charge in [-0.25, -0.2) is 4.57 Å². The fraction of sp³-hybridized carbons (Fsp3) is 1.00. The molecule has 0 heterocycles. The summed E-state index contributed by atoms with van der Waals surface area (Å²) in [6.45, 7) is 7.07. The topological polar surface area (TPSA) is 44.8 Å². The maximum atomic E-state index is 11.8. The van der Waals surface area contributed by atoms with E-state index >= 15 is 0 Å². The van der Waals surface area contributed by atoms with E-state index in [9.17, 15) is 4.57 Å². The smallest absolute Gasteiger partial charge is 0.287 e. The highest BCUT2D eigenvalue weighted by Crippen LogP contribution is 2.49. The molecule has 0 rings (SSSR count). The van der Waals surface area contributed by atoms with E-state index in [0.29, 0.717) is 19.8 Å². The molecule has 0 saturated heterocycles. The van der Waals surface area contributed by atoms with E-state index < -0.39 is 7.82 Å². The van der Waals surface area contributed by atoms with Crippen LogP contribution in [0.15, 0.2) is 0 Å². The Labute approximate surface area is 86.5 Å². The van der Waals surface area contributed by atoms with Crippen molar-refractivity contribution in [3.63, 3.8) is 0 Å². The van der Waals surface area contributed by atoms with Crippen LogP contribution in [0.25, 0.3) is 0 Å². The normalized spacial score (nSPS) is 11.9. The first kappa shape index (κ1) is 14.1. The fourth-order valence-electron chi connectivity index (χ4n) is 0.721. The molecule has 86 valence electrons. The molecule has 0 aromatic carbocycles. The molecule has 0 unspecified atom stereocenters.